The highest BCUT2D eigenvalue weighted by molar-refractivity contribution is 6.31. The molecule has 1 saturated heterocycles. The minimum absolute atomic E-state index is 0.506. The Bertz CT molecular complexity index is 447. The molecule has 1 atom stereocenters. The normalized spacial score (nSPS) is 23.0. The van der Waals surface area contributed by atoms with Crippen LogP contribution in [0.4, 0.5) is 11.4 Å². The monoisotopic (exact) mass is 265 g/mol. The summed E-state index contributed by atoms with van der Waals surface area (Å²) in [5, 5.41) is 4.32. The van der Waals surface area contributed by atoms with Gasteiger partial charge in [-0.1, -0.05) is 11.6 Å². The fourth-order valence-corrected chi connectivity index (χ4v) is 3.19. The Morgan fingerprint density at radius 1 is 1.33 bits per heavy atom. The molecule has 3 rings (SSSR count). The van der Waals surface area contributed by atoms with Gasteiger partial charge >= 0.3 is 0 Å². The summed E-state index contributed by atoms with van der Waals surface area (Å²) in [5.41, 5.74) is 2.63. The van der Waals surface area contributed by atoms with E-state index in [2.05, 4.69) is 41.1 Å². The van der Waals surface area contributed by atoms with E-state index in [1.807, 2.05) is 6.07 Å². The van der Waals surface area contributed by atoms with E-state index in [1.165, 1.54) is 11.4 Å². The minimum atomic E-state index is 0.506. The third-order valence-electron chi connectivity index (χ3n) is 3.94. The molecule has 0 saturated carbocycles. The van der Waals surface area contributed by atoms with Crippen molar-refractivity contribution in [1.82, 2.24) is 5.32 Å². The van der Waals surface area contributed by atoms with Crippen LogP contribution < -0.4 is 15.1 Å². The lowest BCUT2D eigenvalue weighted by atomic mass is 10.0. The van der Waals surface area contributed by atoms with E-state index < -0.39 is 0 Å². The molecular formula is C14H20ClN3. The molecule has 1 unspecified atom stereocenters. The van der Waals surface area contributed by atoms with Crippen LogP contribution >= 0.6 is 11.6 Å². The summed E-state index contributed by atoms with van der Waals surface area (Å²) in [6.07, 6.45) is 0. The fourth-order valence-electron chi connectivity index (χ4n) is 3.03. The Morgan fingerprint density at radius 3 is 2.94 bits per heavy atom. The molecule has 0 spiro atoms. The Labute approximate surface area is 114 Å². The summed E-state index contributed by atoms with van der Waals surface area (Å²) in [5.74, 6) is 0. The summed E-state index contributed by atoms with van der Waals surface area (Å²) >= 11 is 6.16. The van der Waals surface area contributed by atoms with Crippen molar-refractivity contribution in [3.63, 3.8) is 0 Å². The van der Waals surface area contributed by atoms with Crippen LogP contribution in [0.3, 0.4) is 0 Å². The number of nitrogens with one attached hydrogen (secondary N) is 1. The average Bonchev–Trinajstić information content (AvgIpc) is 2.37. The molecule has 2 aliphatic rings. The molecule has 1 N–H and O–H groups in total. The maximum Gasteiger partial charge on any atom is 0.0622 e. The first-order valence-electron chi connectivity index (χ1n) is 6.70. The standard InChI is InChI=1S/C14H20ClN3/c1-10(2)18-9-12-8-16-5-6-17(12)13-4-3-11(15)7-14(13)18/h3-4,7,10,12,16H,5-6,8-9H2,1-2H3. The molecule has 4 heteroatoms. The van der Waals surface area contributed by atoms with E-state index in [1.54, 1.807) is 0 Å². The average molecular weight is 266 g/mol. The van der Waals surface area contributed by atoms with Gasteiger partial charge in [0.1, 0.15) is 0 Å². The van der Waals surface area contributed by atoms with Crippen LogP contribution in [0.5, 0.6) is 0 Å². The van der Waals surface area contributed by atoms with Gasteiger partial charge in [-0.15, -0.1) is 0 Å². The van der Waals surface area contributed by atoms with Crippen molar-refractivity contribution in [2.75, 3.05) is 36.0 Å². The molecule has 0 aliphatic carbocycles. The Morgan fingerprint density at radius 2 is 2.17 bits per heavy atom. The number of benzene rings is 1. The van der Waals surface area contributed by atoms with Gasteiger partial charge in [0.05, 0.1) is 17.4 Å². The van der Waals surface area contributed by atoms with Gasteiger partial charge in [0.2, 0.25) is 0 Å². The van der Waals surface area contributed by atoms with E-state index in [-0.39, 0.29) is 0 Å². The summed E-state index contributed by atoms with van der Waals surface area (Å²) in [6, 6.07) is 7.37. The van der Waals surface area contributed by atoms with Gasteiger partial charge in [-0.2, -0.15) is 0 Å². The van der Waals surface area contributed by atoms with Gasteiger partial charge < -0.3 is 15.1 Å². The summed E-state index contributed by atoms with van der Waals surface area (Å²) in [7, 11) is 0. The van der Waals surface area contributed by atoms with Gasteiger partial charge in [-0.3, -0.25) is 0 Å². The molecule has 2 aliphatic heterocycles. The molecule has 2 heterocycles. The summed E-state index contributed by atoms with van der Waals surface area (Å²) < 4.78 is 0. The second kappa shape index (κ2) is 4.63. The first-order chi connectivity index (χ1) is 8.66. The molecule has 0 radical (unpaired) electrons. The second-order valence-electron chi connectivity index (χ2n) is 5.43. The lowest BCUT2D eigenvalue weighted by molar-refractivity contribution is 0.448. The van der Waals surface area contributed by atoms with Crippen LogP contribution in [0.25, 0.3) is 0 Å². The first-order valence-corrected chi connectivity index (χ1v) is 7.08. The van der Waals surface area contributed by atoms with Gasteiger partial charge in [0.25, 0.3) is 0 Å². The Hall–Kier alpha value is -0.930. The highest BCUT2D eigenvalue weighted by Gasteiger charge is 2.33. The maximum absolute atomic E-state index is 6.16. The largest absolute Gasteiger partial charge is 0.365 e. The van der Waals surface area contributed by atoms with Crippen LogP contribution in [-0.2, 0) is 0 Å². The first kappa shape index (κ1) is 12.1. The smallest absolute Gasteiger partial charge is 0.0622 e. The van der Waals surface area contributed by atoms with Crippen LogP contribution in [0.2, 0.25) is 5.02 Å². The number of hydrogen-bond acceptors (Lipinski definition) is 3. The van der Waals surface area contributed by atoms with E-state index in [4.69, 9.17) is 11.6 Å². The van der Waals surface area contributed by atoms with Crippen LogP contribution in [0.15, 0.2) is 18.2 Å². The molecule has 0 aromatic heterocycles. The van der Waals surface area contributed by atoms with Crippen molar-refractivity contribution in [1.29, 1.82) is 0 Å². The van der Waals surface area contributed by atoms with Gasteiger partial charge in [-0.25, -0.2) is 0 Å². The van der Waals surface area contributed by atoms with Crippen LogP contribution in [-0.4, -0.2) is 38.3 Å². The maximum atomic E-state index is 6.16. The molecule has 1 aromatic rings. The Kier molecular flexibility index (Phi) is 3.12. The lowest BCUT2D eigenvalue weighted by Crippen LogP contribution is -2.59. The van der Waals surface area contributed by atoms with Crippen LogP contribution in [0, 0.1) is 0 Å². The van der Waals surface area contributed by atoms with E-state index in [9.17, 15) is 0 Å². The number of hydrogen-bond donors (Lipinski definition) is 1. The predicted molar refractivity (Wildman–Crippen MR) is 77.9 cm³/mol. The number of halogens is 1. The van der Waals surface area contributed by atoms with Crippen LogP contribution in [0.1, 0.15) is 13.8 Å². The molecule has 1 aromatic carbocycles. The van der Waals surface area contributed by atoms with Crippen molar-refractivity contribution >= 4 is 23.0 Å². The molecule has 1 fully saturated rings. The number of nitrogens with zero attached hydrogens (tertiary/aromatic N) is 2. The number of anilines is 2. The topological polar surface area (TPSA) is 18.5 Å². The van der Waals surface area contributed by atoms with E-state index in [0.717, 1.165) is 31.2 Å². The second-order valence-corrected chi connectivity index (χ2v) is 5.87. The van der Waals surface area contributed by atoms with Gasteiger partial charge in [0.15, 0.2) is 0 Å². The van der Waals surface area contributed by atoms with E-state index >= 15 is 0 Å². The fraction of sp³-hybridized carbons (Fsp3) is 0.571. The number of rotatable bonds is 1. The van der Waals surface area contributed by atoms with Crippen molar-refractivity contribution in [3.8, 4) is 0 Å². The molecule has 18 heavy (non-hydrogen) atoms. The minimum Gasteiger partial charge on any atom is -0.365 e. The molecule has 0 amide bonds. The third-order valence-corrected chi connectivity index (χ3v) is 4.17. The predicted octanol–water partition coefficient (Wildman–Crippen LogP) is 2.35. The van der Waals surface area contributed by atoms with Gasteiger partial charge in [-0.05, 0) is 32.0 Å². The molecule has 0 bridgehead atoms. The zero-order valence-corrected chi connectivity index (χ0v) is 11.7. The van der Waals surface area contributed by atoms with Crippen molar-refractivity contribution in [3.05, 3.63) is 23.2 Å². The molecular weight excluding hydrogens is 246 g/mol. The van der Waals surface area contributed by atoms with Crippen molar-refractivity contribution in [2.45, 2.75) is 25.9 Å². The SMILES string of the molecule is CC(C)N1CC2CNCCN2c2ccc(Cl)cc21. The van der Waals surface area contributed by atoms with Gasteiger partial charge in [0, 0.05) is 37.2 Å². The third kappa shape index (κ3) is 1.95. The zero-order chi connectivity index (χ0) is 12.7. The van der Waals surface area contributed by atoms with E-state index in [0.29, 0.717) is 12.1 Å². The lowest BCUT2D eigenvalue weighted by Gasteiger charge is -2.48. The summed E-state index contributed by atoms with van der Waals surface area (Å²) in [4.78, 5) is 5.00. The Balaban J connectivity index is 2.05. The quantitative estimate of drug-likeness (QED) is 0.841. The molecule has 98 valence electrons. The summed E-state index contributed by atoms with van der Waals surface area (Å²) in [6.45, 7) is 8.81. The van der Waals surface area contributed by atoms with Crippen molar-refractivity contribution < 1.29 is 0 Å². The molecule has 3 nitrogen and oxygen atoms in total. The zero-order valence-electron chi connectivity index (χ0n) is 11.0. The highest BCUT2D eigenvalue weighted by atomic mass is 35.5. The van der Waals surface area contributed by atoms with Crippen molar-refractivity contribution in [2.24, 2.45) is 0 Å². The highest BCUT2D eigenvalue weighted by Crippen LogP contribution is 2.38. The number of fused-ring (bicyclic) bond motifs is 3. The number of piperazine rings is 1.